The van der Waals surface area contributed by atoms with Crippen LogP contribution in [0.4, 0.5) is 5.69 Å². The van der Waals surface area contributed by atoms with Crippen molar-refractivity contribution in [2.45, 2.75) is 6.42 Å². The van der Waals surface area contributed by atoms with Crippen LogP contribution in [-0.2, 0) is 6.42 Å². The molecule has 0 radical (unpaired) electrons. The minimum atomic E-state index is -1.18. The van der Waals surface area contributed by atoms with Crippen LogP contribution in [0.1, 0.15) is 31.4 Å². The van der Waals surface area contributed by atoms with Crippen molar-refractivity contribution in [3.63, 3.8) is 0 Å². The standard InChI is InChI=1S/C20H17ClN2O5S/c1-27-12-5-3-11(4-6-12)7-18-22-16(10-29-18)19(24)23-15-9-17(28-2)13(20(25)26)8-14(15)21/h3-6,8-10H,7H2,1-2H3,(H,23,24)(H,25,26). The molecule has 1 heterocycles. The molecule has 0 spiro atoms. The second-order valence-electron chi connectivity index (χ2n) is 5.94. The molecule has 0 fully saturated rings. The summed E-state index contributed by atoms with van der Waals surface area (Å²) in [4.78, 5) is 28.1. The van der Waals surface area contributed by atoms with Crippen LogP contribution in [0.2, 0.25) is 5.02 Å². The first-order valence-corrected chi connectivity index (χ1v) is 9.66. The Bertz CT molecular complexity index is 1050. The molecule has 0 aliphatic rings. The third-order valence-corrected chi connectivity index (χ3v) is 5.23. The summed E-state index contributed by atoms with van der Waals surface area (Å²) in [5, 5.41) is 14.4. The van der Waals surface area contributed by atoms with Gasteiger partial charge in [0, 0.05) is 17.9 Å². The number of anilines is 1. The van der Waals surface area contributed by atoms with E-state index >= 15 is 0 Å². The van der Waals surface area contributed by atoms with Gasteiger partial charge in [0.05, 0.1) is 29.9 Å². The van der Waals surface area contributed by atoms with E-state index < -0.39 is 11.9 Å². The molecule has 0 unspecified atom stereocenters. The molecule has 1 aromatic heterocycles. The Kier molecular flexibility index (Phi) is 6.36. The molecule has 3 aromatic rings. The normalized spacial score (nSPS) is 10.4. The molecule has 0 saturated carbocycles. The number of nitrogens with one attached hydrogen (secondary N) is 1. The maximum Gasteiger partial charge on any atom is 0.339 e. The number of hydrogen-bond acceptors (Lipinski definition) is 6. The number of thiazole rings is 1. The number of aromatic nitrogens is 1. The topological polar surface area (TPSA) is 97.8 Å². The number of hydrogen-bond donors (Lipinski definition) is 2. The molecule has 0 saturated heterocycles. The zero-order valence-corrected chi connectivity index (χ0v) is 17.1. The second kappa shape index (κ2) is 8.93. The van der Waals surface area contributed by atoms with Gasteiger partial charge >= 0.3 is 5.97 Å². The number of amides is 1. The molecule has 7 nitrogen and oxygen atoms in total. The summed E-state index contributed by atoms with van der Waals surface area (Å²) in [6.07, 6.45) is 0.587. The Hall–Kier alpha value is -3.10. The summed E-state index contributed by atoms with van der Waals surface area (Å²) in [7, 11) is 2.95. The molecule has 2 aromatic carbocycles. The molecule has 0 aliphatic carbocycles. The van der Waals surface area contributed by atoms with Gasteiger partial charge < -0.3 is 19.9 Å². The quantitative estimate of drug-likeness (QED) is 0.575. The van der Waals surface area contributed by atoms with Crippen molar-refractivity contribution < 1.29 is 24.2 Å². The lowest BCUT2D eigenvalue weighted by atomic mass is 10.1. The summed E-state index contributed by atoms with van der Waals surface area (Å²) >= 11 is 7.48. The monoisotopic (exact) mass is 432 g/mol. The lowest BCUT2D eigenvalue weighted by Gasteiger charge is -2.11. The molecular weight excluding hydrogens is 416 g/mol. The van der Waals surface area contributed by atoms with Crippen molar-refractivity contribution in [3.05, 3.63) is 68.6 Å². The highest BCUT2D eigenvalue weighted by Crippen LogP contribution is 2.31. The third-order valence-electron chi connectivity index (χ3n) is 4.07. The highest BCUT2D eigenvalue weighted by atomic mass is 35.5. The van der Waals surface area contributed by atoms with Crippen LogP contribution >= 0.6 is 22.9 Å². The van der Waals surface area contributed by atoms with Gasteiger partial charge in [0.2, 0.25) is 0 Å². The molecular formula is C20H17ClN2O5S. The Morgan fingerprint density at radius 2 is 1.90 bits per heavy atom. The Balaban J connectivity index is 1.74. The molecule has 0 atom stereocenters. The first-order chi connectivity index (χ1) is 13.9. The van der Waals surface area contributed by atoms with Gasteiger partial charge in [-0.3, -0.25) is 4.79 Å². The average Bonchev–Trinajstić information content (AvgIpc) is 3.18. The van der Waals surface area contributed by atoms with Gasteiger partial charge in [-0.05, 0) is 23.8 Å². The fourth-order valence-corrected chi connectivity index (χ4v) is 3.61. The van der Waals surface area contributed by atoms with Gasteiger partial charge in [0.25, 0.3) is 5.91 Å². The number of aromatic carboxylic acids is 1. The number of carbonyl (C=O) groups excluding carboxylic acids is 1. The average molecular weight is 433 g/mol. The number of carbonyl (C=O) groups is 2. The zero-order chi connectivity index (χ0) is 21.0. The van der Waals surface area contributed by atoms with E-state index in [1.54, 1.807) is 12.5 Å². The highest BCUT2D eigenvalue weighted by Gasteiger charge is 2.18. The van der Waals surface area contributed by atoms with Crippen LogP contribution in [0.3, 0.4) is 0 Å². The number of nitrogens with zero attached hydrogens (tertiary/aromatic N) is 1. The van der Waals surface area contributed by atoms with E-state index in [2.05, 4.69) is 10.3 Å². The molecule has 3 rings (SSSR count). The van der Waals surface area contributed by atoms with Crippen molar-refractivity contribution >= 4 is 40.5 Å². The van der Waals surface area contributed by atoms with Crippen LogP contribution in [0, 0.1) is 0 Å². The van der Waals surface area contributed by atoms with E-state index in [4.69, 9.17) is 21.1 Å². The lowest BCUT2D eigenvalue weighted by molar-refractivity contribution is 0.0693. The minimum absolute atomic E-state index is 0.0882. The van der Waals surface area contributed by atoms with Crippen LogP contribution < -0.4 is 14.8 Å². The Morgan fingerprint density at radius 3 is 2.52 bits per heavy atom. The molecule has 29 heavy (non-hydrogen) atoms. The first kappa shape index (κ1) is 20.6. The van der Waals surface area contributed by atoms with E-state index in [0.717, 1.165) is 16.3 Å². The van der Waals surface area contributed by atoms with Gasteiger partial charge in [-0.1, -0.05) is 23.7 Å². The van der Waals surface area contributed by atoms with E-state index in [0.29, 0.717) is 6.42 Å². The predicted octanol–water partition coefficient (Wildman–Crippen LogP) is 4.36. The molecule has 9 heteroatoms. The van der Waals surface area contributed by atoms with Crippen molar-refractivity contribution in [1.82, 2.24) is 4.98 Å². The smallest absolute Gasteiger partial charge is 0.339 e. The minimum Gasteiger partial charge on any atom is -0.497 e. The van der Waals surface area contributed by atoms with Gasteiger partial charge in [-0.15, -0.1) is 11.3 Å². The molecule has 0 aliphatic heterocycles. The summed E-state index contributed by atoms with van der Waals surface area (Å²) in [6.45, 7) is 0. The Labute approximate surface area is 175 Å². The molecule has 2 N–H and O–H groups in total. The van der Waals surface area contributed by atoms with Crippen LogP contribution in [0.15, 0.2) is 41.8 Å². The maximum atomic E-state index is 12.5. The number of methoxy groups -OCH3 is 2. The number of rotatable bonds is 7. The molecule has 1 amide bonds. The lowest BCUT2D eigenvalue weighted by Crippen LogP contribution is -2.13. The fourth-order valence-electron chi connectivity index (χ4n) is 2.59. The van der Waals surface area contributed by atoms with Crippen LogP contribution in [0.5, 0.6) is 11.5 Å². The zero-order valence-electron chi connectivity index (χ0n) is 15.6. The van der Waals surface area contributed by atoms with Gasteiger partial charge in [-0.2, -0.15) is 0 Å². The van der Waals surface area contributed by atoms with Crippen LogP contribution in [0.25, 0.3) is 0 Å². The summed E-state index contributed by atoms with van der Waals surface area (Å²) in [5.74, 6) is -0.761. The molecule has 0 bridgehead atoms. The van der Waals surface area contributed by atoms with Crippen molar-refractivity contribution in [2.75, 3.05) is 19.5 Å². The number of halogens is 1. The third kappa shape index (κ3) is 4.85. The van der Waals surface area contributed by atoms with E-state index in [-0.39, 0.29) is 27.7 Å². The first-order valence-electron chi connectivity index (χ1n) is 8.40. The predicted molar refractivity (Wildman–Crippen MR) is 111 cm³/mol. The number of benzene rings is 2. The van der Waals surface area contributed by atoms with Gasteiger partial charge in [-0.25, -0.2) is 9.78 Å². The fraction of sp³-hybridized carbons (Fsp3) is 0.150. The van der Waals surface area contributed by atoms with Gasteiger partial charge in [0.15, 0.2) is 0 Å². The Morgan fingerprint density at radius 1 is 1.17 bits per heavy atom. The van der Waals surface area contributed by atoms with Crippen molar-refractivity contribution in [1.29, 1.82) is 0 Å². The van der Waals surface area contributed by atoms with Crippen molar-refractivity contribution in [2.24, 2.45) is 0 Å². The number of carboxylic acid groups (broad SMARTS) is 1. The summed E-state index contributed by atoms with van der Waals surface area (Å²) in [5.41, 5.74) is 1.44. The molecule has 150 valence electrons. The number of ether oxygens (including phenoxy) is 2. The van der Waals surface area contributed by atoms with Crippen LogP contribution in [-0.4, -0.2) is 36.2 Å². The SMILES string of the molecule is COc1ccc(Cc2nc(C(=O)Nc3cc(OC)c(C(=O)O)cc3Cl)cs2)cc1. The van der Waals surface area contributed by atoms with Crippen molar-refractivity contribution in [3.8, 4) is 11.5 Å². The largest absolute Gasteiger partial charge is 0.497 e. The summed E-state index contributed by atoms with van der Waals surface area (Å²) < 4.78 is 10.2. The maximum absolute atomic E-state index is 12.5. The van der Waals surface area contributed by atoms with E-state index in [1.165, 1.54) is 30.6 Å². The van der Waals surface area contributed by atoms with E-state index in [9.17, 15) is 14.7 Å². The second-order valence-corrected chi connectivity index (χ2v) is 7.29. The number of carboxylic acids is 1. The van der Waals surface area contributed by atoms with Gasteiger partial charge in [0.1, 0.15) is 22.8 Å². The highest BCUT2D eigenvalue weighted by molar-refractivity contribution is 7.09. The summed E-state index contributed by atoms with van der Waals surface area (Å²) in [6, 6.07) is 10.2. The van der Waals surface area contributed by atoms with E-state index in [1.807, 2.05) is 24.3 Å².